The molecule has 0 aromatic heterocycles. The van der Waals surface area contributed by atoms with Gasteiger partial charge in [-0.1, -0.05) is 54.6 Å². The highest BCUT2D eigenvalue weighted by Gasteiger charge is 2.50. The maximum absolute atomic E-state index is 13.4. The fraction of sp³-hybridized carbons (Fsp3) is 0.167. The van der Waals surface area contributed by atoms with E-state index in [0.29, 0.717) is 11.3 Å². The third-order valence-corrected chi connectivity index (χ3v) is 5.62. The van der Waals surface area contributed by atoms with E-state index in [1.807, 2.05) is 31.2 Å². The Bertz CT molecular complexity index is 1210. The van der Waals surface area contributed by atoms with Crippen molar-refractivity contribution in [2.45, 2.75) is 25.5 Å². The molecule has 3 aromatic rings. The SMILES string of the molecule is Cc1ccccc1CN1C(=O)C(O)(CC(=O)c2cccc([N+](=O)[O-])c2)c2ccccc21. The van der Waals surface area contributed by atoms with E-state index in [1.165, 1.54) is 23.1 Å². The quantitative estimate of drug-likeness (QED) is 0.373. The summed E-state index contributed by atoms with van der Waals surface area (Å²) in [5.41, 5.74) is 0.650. The van der Waals surface area contributed by atoms with E-state index < -0.39 is 28.6 Å². The van der Waals surface area contributed by atoms with Crippen LogP contribution in [0.4, 0.5) is 11.4 Å². The number of para-hydroxylation sites is 1. The Kier molecular flexibility index (Phi) is 5.12. The van der Waals surface area contributed by atoms with Gasteiger partial charge in [0.1, 0.15) is 0 Å². The van der Waals surface area contributed by atoms with Gasteiger partial charge in [-0.2, -0.15) is 0 Å². The zero-order chi connectivity index (χ0) is 22.2. The number of hydrogen-bond donors (Lipinski definition) is 1. The smallest absolute Gasteiger partial charge is 0.270 e. The molecule has 3 aromatic carbocycles. The van der Waals surface area contributed by atoms with Crippen LogP contribution in [0.15, 0.2) is 72.8 Å². The number of ketones is 1. The molecule has 1 amide bonds. The Morgan fingerprint density at radius 1 is 1.06 bits per heavy atom. The summed E-state index contributed by atoms with van der Waals surface area (Å²) >= 11 is 0. The molecule has 1 aliphatic rings. The van der Waals surface area contributed by atoms with Crippen molar-refractivity contribution in [1.82, 2.24) is 0 Å². The normalized spacial score (nSPS) is 17.5. The summed E-state index contributed by atoms with van der Waals surface area (Å²) in [5, 5.41) is 22.4. The lowest BCUT2D eigenvalue weighted by molar-refractivity contribution is -0.384. The van der Waals surface area contributed by atoms with E-state index in [4.69, 9.17) is 0 Å². The summed E-state index contributed by atoms with van der Waals surface area (Å²) in [6.07, 6.45) is -0.506. The van der Waals surface area contributed by atoms with Crippen LogP contribution >= 0.6 is 0 Å². The van der Waals surface area contributed by atoms with Crippen LogP contribution in [-0.4, -0.2) is 21.7 Å². The van der Waals surface area contributed by atoms with Gasteiger partial charge in [-0.25, -0.2) is 0 Å². The number of rotatable bonds is 6. The second-order valence-electron chi connectivity index (χ2n) is 7.60. The van der Waals surface area contributed by atoms with Gasteiger partial charge in [0.15, 0.2) is 11.4 Å². The number of Topliss-reactive ketones (excluding diaryl/α,β-unsaturated/α-hetero) is 1. The first-order chi connectivity index (χ1) is 14.8. The average molecular weight is 416 g/mol. The molecule has 0 saturated carbocycles. The number of amides is 1. The summed E-state index contributed by atoms with van der Waals surface area (Å²) < 4.78 is 0. The number of aryl methyl sites for hydroxylation is 1. The molecule has 7 heteroatoms. The van der Waals surface area contributed by atoms with Crippen LogP contribution in [0.5, 0.6) is 0 Å². The number of nitrogens with zero attached hydrogens (tertiary/aromatic N) is 2. The first-order valence-corrected chi connectivity index (χ1v) is 9.77. The van der Waals surface area contributed by atoms with Crippen LogP contribution < -0.4 is 4.90 Å². The Morgan fingerprint density at radius 3 is 2.52 bits per heavy atom. The third-order valence-electron chi connectivity index (χ3n) is 5.62. The molecule has 1 atom stereocenters. The predicted octanol–water partition coefficient (Wildman–Crippen LogP) is 3.91. The van der Waals surface area contributed by atoms with Crippen molar-refractivity contribution in [1.29, 1.82) is 0 Å². The topological polar surface area (TPSA) is 101 Å². The fourth-order valence-electron chi connectivity index (χ4n) is 3.92. The number of non-ortho nitro benzene ring substituents is 1. The number of aliphatic hydroxyl groups is 1. The van der Waals surface area contributed by atoms with Crippen molar-refractivity contribution in [2.75, 3.05) is 4.90 Å². The molecule has 1 heterocycles. The van der Waals surface area contributed by atoms with Gasteiger partial charge in [-0.15, -0.1) is 0 Å². The van der Waals surface area contributed by atoms with Crippen LogP contribution in [0.1, 0.15) is 33.5 Å². The van der Waals surface area contributed by atoms with Crippen molar-refractivity contribution >= 4 is 23.1 Å². The molecule has 0 aliphatic carbocycles. The summed E-state index contributed by atoms with van der Waals surface area (Å²) in [4.78, 5) is 38.2. The molecule has 7 nitrogen and oxygen atoms in total. The zero-order valence-electron chi connectivity index (χ0n) is 16.8. The number of hydrogen-bond acceptors (Lipinski definition) is 5. The molecule has 156 valence electrons. The van der Waals surface area contributed by atoms with E-state index in [-0.39, 0.29) is 17.8 Å². The maximum Gasteiger partial charge on any atom is 0.270 e. The molecule has 1 N–H and O–H groups in total. The van der Waals surface area contributed by atoms with Gasteiger partial charge < -0.3 is 10.0 Å². The highest BCUT2D eigenvalue weighted by Crippen LogP contribution is 2.43. The molecule has 0 spiro atoms. The standard InChI is InChI=1S/C24H20N2O5/c1-16-7-2-3-8-18(16)15-25-21-12-5-4-11-20(21)24(29,23(25)28)14-22(27)17-9-6-10-19(13-17)26(30)31/h2-13,29H,14-15H2,1H3. The second kappa shape index (κ2) is 7.77. The van der Waals surface area contributed by atoms with Gasteiger partial charge >= 0.3 is 0 Å². The Morgan fingerprint density at radius 2 is 1.77 bits per heavy atom. The number of nitro groups is 1. The zero-order valence-corrected chi connectivity index (χ0v) is 16.8. The fourth-order valence-corrected chi connectivity index (χ4v) is 3.92. The lowest BCUT2D eigenvalue weighted by atomic mass is 9.88. The van der Waals surface area contributed by atoms with Crippen molar-refractivity contribution in [3.05, 3.63) is 105 Å². The third kappa shape index (κ3) is 3.60. The van der Waals surface area contributed by atoms with Crippen LogP contribution in [0.25, 0.3) is 0 Å². The molecule has 0 saturated heterocycles. The summed E-state index contributed by atoms with van der Waals surface area (Å²) in [6, 6.07) is 19.8. The largest absolute Gasteiger partial charge is 0.375 e. The minimum atomic E-state index is -2.04. The highest BCUT2D eigenvalue weighted by molar-refractivity contribution is 6.10. The monoisotopic (exact) mass is 416 g/mol. The Labute approximate surface area is 178 Å². The van der Waals surface area contributed by atoms with Gasteiger partial charge in [-0.05, 0) is 24.1 Å². The van der Waals surface area contributed by atoms with Gasteiger partial charge in [0.2, 0.25) is 0 Å². The van der Waals surface area contributed by atoms with Gasteiger partial charge in [0, 0.05) is 23.3 Å². The molecular weight excluding hydrogens is 396 g/mol. The van der Waals surface area contributed by atoms with Crippen LogP contribution in [0, 0.1) is 17.0 Å². The molecule has 1 unspecified atom stereocenters. The van der Waals surface area contributed by atoms with Gasteiger partial charge in [0.25, 0.3) is 11.6 Å². The van der Waals surface area contributed by atoms with E-state index in [1.54, 1.807) is 24.3 Å². The van der Waals surface area contributed by atoms with Crippen molar-refractivity contribution in [2.24, 2.45) is 0 Å². The summed E-state index contributed by atoms with van der Waals surface area (Å²) in [7, 11) is 0. The van der Waals surface area contributed by atoms with E-state index in [2.05, 4.69) is 0 Å². The molecule has 4 rings (SSSR count). The molecule has 0 radical (unpaired) electrons. The minimum absolute atomic E-state index is 0.0743. The predicted molar refractivity (Wildman–Crippen MR) is 115 cm³/mol. The second-order valence-corrected chi connectivity index (χ2v) is 7.60. The first kappa shape index (κ1) is 20.4. The van der Waals surface area contributed by atoms with E-state index in [9.17, 15) is 24.8 Å². The Hall–Kier alpha value is -3.84. The van der Waals surface area contributed by atoms with Crippen LogP contribution in [0.3, 0.4) is 0 Å². The summed E-state index contributed by atoms with van der Waals surface area (Å²) in [6.45, 7) is 2.20. The van der Waals surface area contributed by atoms with Crippen molar-refractivity contribution < 1.29 is 19.6 Å². The van der Waals surface area contributed by atoms with Crippen molar-refractivity contribution in [3.63, 3.8) is 0 Å². The number of carbonyl (C=O) groups is 2. The van der Waals surface area contributed by atoms with Gasteiger partial charge in [0.05, 0.1) is 23.6 Å². The molecule has 0 bridgehead atoms. The average Bonchev–Trinajstić information content (AvgIpc) is 2.97. The van der Waals surface area contributed by atoms with Crippen molar-refractivity contribution in [3.8, 4) is 0 Å². The van der Waals surface area contributed by atoms with Gasteiger partial charge in [-0.3, -0.25) is 19.7 Å². The number of benzene rings is 3. The lowest BCUT2D eigenvalue weighted by Crippen LogP contribution is -2.41. The number of nitro benzene ring substituents is 1. The van der Waals surface area contributed by atoms with Crippen LogP contribution in [0.2, 0.25) is 0 Å². The number of anilines is 1. The van der Waals surface area contributed by atoms with Crippen LogP contribution in [-0.2, 0) is 16.9 Å². The van der Waals surface area contributed by atoms with E-state index >= 15 is 0 Å². The maximum atomic E-state index is 13.4. The summed E-state index contributed by atoms with van der Waals surface area (Å²) in [5.74, 6) is -1.14. The van der Waals surface area contributed by atoms with E-state index in [0.717, 1.165) is 17.2 Å². The lowest BCUT2D eigenvalue weighted by Gasteiger charge is -2.23. The molecule has 31 heavy (non-hydrogen) atoms. The first-order valence-electron chi connectivity index (χ1n) is 9.77. The molecule has 0 fully saturated rings. The minimum Gasteiger partial charge on any atom is -0.375 e. The molecular formula is C24H20N2O5. The highest BCUT2D eigenvalue weighted by atomic mass is 16.6. The Balaban J connectivity index is 1.68. The molecule has 1 aliphatic heterocycles. The number of fused-ring (bicyclic) bond motifs is 1. The number of carbonyl (C=O) groups excluding carboxylic acids is 2.